The topological polar surface area (TPSA) is 40.7 Å². The quantitative estimate of drug-likeness (QED) is 0.905. The minimum atomic E-state index is 0.460. The van der Waals surface area contributed by atoms with Crippen LogP contribution in [0, 0.1) is 6.92 Å². The first-order chi connectivity index (χ1) is 8.58. The lowest BCUT2D eigenvalue weighted by Crippen LogP contribution is -2.22. The van der Waals surface area contributed by atoms with Gasteiger partial charge in [-0.1, -0.05) is 48.0 Å². The van der Waals surface area contributed by atoms with Crippen LogP contribution in [-0.2, 0) is 6.54 Å². The third-order valence-electron chi connectivity index (χ3n) is 2.74. The van der Waals surface area contributed by atoms with Gasteiger partial charge in [0.05, 0.1) is 12.2 Å². The standard InChI is InChI=1S/C14H18BrN3/c1-9(2)16-8-13-17-10(3)14(18-13)11-6-4-5-7-12(11)15/h4-7,9,16H,8H2,1-3H3,(H,17,18). The molecule has 0 saturated heterocycles. The van der Waals surface area contributed by atoms with Crippen LogP contribution in [0.1, 0.15) is 25.4 Å². The number of aromatic amines is 1. The number of aromatic nitrogens is 2. The van der Waals surface area contributed by atoms with E-state index in [1.807, 2.05) is 18.2 Å². The first kappa shape index (κ1) is 13.3. The Hall–Kier alpha value is -1.13. The van der Waals surface area contributed by atoms with Crippen molar-refractivity contribution >= 4 is 15.9 Å². The average Bonchev–Trinajstić information content (AvgIpc) is 2.69. The van der Waals surface area contributed by atoms with Gasteiger partial charge in [0.15, 0.2) is 0 Å². The Balaban J connectivity index is 2.27. The first-order valence-corrected chi connectivity index (χ1v) is 6.91. The van der Waals surface area contributed by atoms with Gasteiger partial charge in [0.25, 0.3) is 0 Å². The second-order valence-corrected chi connectivity index (χ2v) is 5.53. The maximum absolute atomic E-state index is 4.66. The zero-order valence-corrected chi connectivity index (χ0v) is 12.5. The van der Waals surface area contributed by atoms with E-state index in [4.69, 9.17) is 0 Å². The lowest BCUT2D eigenvalue weighted by molar-refractivity contribution is 0.575. The molecule has 2 N–H and O–H groups in total. The van der Waals surface area contributed by atoms with Crippen molar-refractivity contribution in [3.63, 3.8) is 0 Å². The molecule has 0 bridgehead atoms. The summed E-state index contributed by atoms with van der Waals surface area (Å²) in [6, 6.07) is 8.61. The minimum Gasteiger partial charge on any atom is -0.344 e. The zero-order chi connectivity index (χ0) is 13.1. The molecule has 0 saturated carbocycles. The molecular formula is C14H18BrN3. The molecule has 96 valence electrons. The van der Waals surface area contributed by atoms with Gasteiger partial charge in [0.1, 0.15) is 5.82 Å². The Bertz CT molecular complexity index is 532. The average molecular weight is 308 g/mol. The minimum absolute atomic E-state index is 0.460. The molecule has 2 rings (SSSR count). The van der Waals surface area contributed by atoms with Gasteiger partial charge in [0.2, 0.25) is 0 Å². The van der Waals surface area contributed by atoms with Crippen molar-refractivity contribution in [3.8, 4) is 11.3 Å². The first-order valence-electron chi connectivity index (χ1n) is 6.11. The second kappa shape index (κ2) is 5.67. The molecule has 0 unspecified atom stereocenters. The van der Waals surface area contributed by atoms with Gasteiger partial charge in [-0.15, -0.1) is 0 Å². The van der Waals surface area contributed by atoms with E-state index in [-0.39, 0.29) is 0 Å². The predicted molar refractivity (Wildman–Crippen MR) is 78.4 cm³/mol. The zero-order valence-electron chi connectivity index (χ0n) is 10.9. The fraction of sp³-hybridized carbons (Fsp3) is 0.357. The van der Waals surface area contributed by atoms with Crippen LogP contribution in [-0.4, -0.2) is 16.0 Å². The smallest absolute Gasteiger partial charge is 0.121 e. The van der Waals surface area contributed by atoms with Crippen molar-refractivity contribution in [2.24, 2.45) is 0 Å². The lowest BCUT2D eigenvalue weighted by Gasteiger charge is -2.04. The van der Waals surface area contributed by atoms with Gasteiger partial charge in [-0.3, -0.25) is 0 Å². The summed E-state index contributed by atoms with van der Waals surface area (Å²) >= 11 is 3.57. The van der Waals surface area contributed by atoms with E-state index >= 15 is 0 Å². The summed E-state index contributed by atoms with van der Waals surface area (Å²) in [4.78, 5) is 8.00. The van der Waals surface area contributed by atoms with Crippen molar-refractivity contribution in [1.82, 2.24) is 15.3 Å². The van der Waals surface area contributed by atoms with Gasteiger partial charge < -0.3 is 10.3 Å². The maximum Gasteiger partial charge on any atom is 0.121 e. The van der Waals surface area contributed by atoms with E-state index in [0.717, 1.165) is 33.8 Å². The summed E-state index contributed by atoms with van der Waals surface area (Å²) in [6.45, 7) is 7.08. The Labute approximate surface area is 116 Å². The van der Waals surface area contributed by atoms with Crippen LogP contribution in [0.3, 0.4) is 0 Å². The van der Waals surface area contributed by atoms with Crippen LogP contribution in [0.2, 0.25) is 0 Å². The number of imidazole rings is 1. The number of aryl methyl sites for hydroxylation is 1. The van der Waals surface area contributed by atoms with Gasteiger partial charge >= 0.3 is 0 Å². The van der Waals surface area contributed by atoms with E-state index in [0.29, 0.717) is 6.04 Å². The number of nitrogens with zero attached hydrogens (tertiary/aromatic N) is 1. The number of hydrogen-bond donors (Lipinski definition) is 2. The molecule has 1 heterocycles. The van der Waals surface area contributed by atoms with Crippen molar-refractivity contribution < 1.29 is 0 Å². The van der Waals surface area contributed by atoms with Gasteiger partial charge in [-0.05, 0) is 13.0 Å². The Kier molecular flexibility index (Phi) is 4.19. The van der Waals surface area contributed by atoms with Gasteiger partial charge in [-0.2, -0.15) is 0 Å². The highest BCUT2D eigenvalue weighted by Crippen LogP contribution is 2.28. The van der Waals surface area contributed by atoms with E-state index in [1.165, 1.54) is 0 Å². The molecule has 0 fully saturated rings. The molecule has 1 aromatic heterocycles. The number of hydrogen-bond acceptors (Lipinski definition) is 2. The van der Waals surface area contributed by atoms with Crippen LogP contribution in [0.15, 0.2) is 28.7 Å². The lowest BCUT2D eigenvalue weighted by atomic mass is 10.1. The molecule has 1 aromatic carbocycles. The van der Waals surface area contributed by atoms with Crippen LogP contribution in [0.4, 0.5) is 0 Å². The second-order valence-electron chi connectivity index (χ2n) is 4.67. The van der Waals surface area contributed by atoms with Crippen LogP contribution in [0.25, 0.3) is 11.3 Å². The molecule has 18 heavy (non-hydrogen) atoms. The molecule has 0 amide bonds. The van der Waals surface area contributed by atoms with E-state index < -0.39 is 0 Å². The van der Waals surface area contributed by atoms with Crippen molar-refractivity contribution in [3.05, 3.63) is 40.3 Å². The summed E-state index contributed by atoms with van der Waals surface area (Å²) in [7, 11) is 0. The number of nitrogens with one attached hydrogen (secondary N) is 2. The summed E-state index contributed by atoms with van der Waals surface area (Å²) in [5, 5.41) is 3.36. The number of benzene rings is 1. The largest absolute Gasteiger partial charge is 0.344 e. The highest BCUT2D eigenvalue weighted by atomic mass is 79.9. The molecule has 0 spiro atoms. The molecular weight excluding hydrogens is 290 g/mol. The van der Waals surface area contributed by atoms with Crippen molar-refractivity contribution in [1.29, 1.82) is 0 Å². The van der Waals surface area contributed by atoms with E-state index in [1.54, 1.807) is 0 Å². The Morgan fingerprint density at radius 1 is 1.33 bits per heavy atom. The SMILES string of the molecule is Cc1[nH]c(CNC(C)C)nc1-c1ccccc1Br. The summed E-state index contributed by atoms with van der Waals surface area (Å²) in [5.41, 5.74) is 3.24. The maximum atomic E-state index is 4.66. The molecule has 0 radical (unpaired) electrons. The Morgan fingerprint density at radius 3 is 2.72 bits per heavy atom. The highest BCUT2D eigenvalue weighted by molar-refractivity contribution is 9.10. The van der Waals surface area contributed by atoms with Crippen molar-refractivity contribution in [2.75, 3.05) is 0 Å². The molecule has 0 aliphatic rings. The van der Waals surface area contributed by atoms with Crippen molar-refractivity contribution in [2.45, 2.75) is 33.4 Å². The van der Waals surface area contributed by atoms with Gasteiger partial charge in [0, 0.05) is 21.8 Å². The number of halogens is 1. The normalized spacial score (nSPS) is 11.2. The predicted octanol–water partition coefficient (Wildman–Crippen LogP) is 3.65. The number of rotatable bonds is 4. The molecule has 2 aromatic rings. The Morgan fingerprint density at radius 2 is 2.06 bits per heavy atom. The third-order valence-corrected chi connectivity index (χ3v) is 3.43. The van der Waals surface area contributed by atoms with E-state index in [2.05, 4.69) is 58.1 Å². The van der Waals surface area contributed by atoms with Crippen LogP contribution in [0.5, 0.6) is 0 Å². The monoisotopic (exact) mass is 307 g/mol. The fourth-order valence-corrected chi connectivity index (χ4v) is 2.29. The molecule has 0 atom stereocenters. The molecule has 3 nitrogen and oxygen atoms in total. The summed E-state index contributed by atoms with van der Waals surface area (Å²) < 4.78 is 1.07. The van der Waals surface area contributed by atoms with Gasteiger partial charge in [-0.25, -0.2) is 4.98 Å². The number of H-pyrrole nitrogens is 1. The molecule has 0 aliphatic heterocycles. The summed E-state index contributed by atoms with van der Waals surface area (Å²) in [5.74, 6) is 0.979. The third kappa shape index (κ3) is 3.00. The van der Waals surface area contributed by atoms with Crippen LogP contribution < -0.4 is 5.32 Å². The summed E-state index contributed by atoms with van der Waals surface area (Å²) in [6.07, 6.45) is 0. The molecule has 4 heteroatoms. The molecule has 0 aliphatic carbocycles. The fourth-order valence-electron chi connectivity index (χ4n) is 1.82. The van der Waals surface area contributed by atoms with E-state index in [9.17, 15) is 0 Å². The van der Waals surface area contributed by atoms with Crippen LogP contribution >= 0.6 is 15.9 Å². The highest BCUT2D eigenvalue weighted by Gasteiger charge is 2.11.